The lowest BCUT2D eigenvalue weighted by molar-refractivity contribution is -0.149. The number of nitrogens with zero attached hydrogens (tertiary/aromatic N) is 2. The minimum atomic E-state index is -4.44. The van der Waals surface area contributed by atoms with Crippen molar-refractivity contribution in [1.29, 1.82) is 0 Å². The smallest absolute Gasteiger partial charge is 0.324 e. The van der Waals surface area contributed by atoms with E-state index in [2.05, 4.69) is 4.98 Å². The molecule has 0 saturated carbocycles. The molecule has 0 radical (unpaired) electrons. The Morgan fingerprint density at radius 1 is 1.59 bits per heavy atom. The lowest BCUT2D eigenvalue weighted by atomic mass is 10.2. The van der Waals surface area contributed by atoms with Crippen LogP contribution >= 0.6 is 0 Å². The van der Waals surface area contributed by atoms with Crippen molar-refractivity contribution in [3.63, 3.8) is 0 Å². The van der Waals surface area contributed by atoms with Gasteiger partial charge in [0.15, 0.2) is 0 Å². The van der Waals surface area contributed by atoms with Crippen molar-refractivity contribution < 1.29 is 19.3 Å². The van der Waals surface area contributed by atoms with Crippen molar-refractivity contribution in [2.75, 3.05) is 6.54 Å². The van der Waals surface area contributed by atoms with Gasteiger partial charge in [-0.25, -0.2) is 4.79 Å². The van der Waals surface area contributed by atoms with Crippen LogP contribution in [0.1, 0.15) is 6.93 Å². The van der Waals surface area contributed by atoms with E-state index in [1.165, 1.54) is 12.3 Å². The second kappa shape index (κ2) is 4.23. The van der Waals surface area contributed by atoms with Gasteiger partial charge in [-0.3, -0.25) is 4.98 Å². The maximum absolute atomic E-state index is 12.4. The van der Waals surface area contributed by atoms with Crippen molar-refractivity contribution in [1.82, 2.24) is 15.2 Å². The number of pyridine rings is 1. The average Bonchev–Trinajstić information content (AvgIpc) is 2.60. The number of carbonyl (C=O) groups excluding carboxylic acids is 1. The van der Waals surface area contributed by atoms with Gasteiger partial charge < -0.3 is 10.2 Å². The first kappa shape index (κ1) is 10.4. The molecule has 0 unspecified atom stereocenters. The summed E-state index contributed by atoms with van der Waals surface area (Å²) in [5.74, 6) is 0. The second-order valence-corrected chi connectivity index (χ2v) is 3.72. The first-order chi connectivity index (χ1) is 8.36. The number of hydrogen-bond acceptors (Lipinski definition) is 2. The van der Waals surface area contributed by atoms with Crippen molar-refractivity contribution in [2.45, 2.75) is 18.8 Å². The topological polar surface area (TPSA) is 45.2 Å². The molecule has 0 aliphatic carbocycles. The van der Waals surface area contributed by atoms with Gasteiger partial charge in [0, 0.05) is 18.9 Å². The molecule has 1 aromatic rings. The van der Waals surface area contributed by atoms with Gasteiger partial charge >= 0.3 is 12.2 Å². The highest BCUT2D eigenvalue weighted by atomic mass is 19.4. The van der Waals surface area contributed by atoms with Crippen LogP contribution in [0.15, 0.2) is 24.5 Å². The monoisotopic (exact) mass is 246 g/mol. The Balaban J connectivity index is 2.05. The Kier molecular flexibility index (Phi) is 2.58. The van der Waals surface area contributed by atoms with Gasteiger partial charge in [0.25, 0.3) is 0 Å². The third-order valence-electron chi connectivity index (χ3n) is 2.44. The molecule has 0 bridgehead atoms. The summed E-state index contributed by atoms with van der Waals surface area (Å²) < 4.78 is 44.6. The van der Waals surface area contributed by atoms with Crippen LogP contribution in [0.4, 0.5) is 18.0 Å². The summed E-state index contributed by atoms with van der Waals surface area (Å²) in [6, 6.07) is 0.392. The first-order valence-electron chi connectivity index (χ1n) is 5.40. The molecule has 7 heteroatoms. The summed E-state index contributed by atoms with van der Waals surface area (Å²) in [6.07, 6.45) is -3.05. The highest BCUT2D eigenvalue weighted by molar-refractivity contribution is 5.77. The molecule has 1 saturated heterocycles. The number of alkyl halides is 3. The van der Waals surface area contributed by atoms with Gasteiger partial charge in [0.2, 0.25) is 0 Å². The van der Waals surface area contributed by atoms with E-state index in [1.54, 1.807) is 6.07 Å². The minimum absolute atomic E-state index is 0.0134. The fraction of sp³-hybridized carbons (Fsp3) is 0.400. The van der Waals surface area contributed by atoms with E-state index in [-0.39, 0.29) is 12.7 Å². The van der Waals surface area contributed by atoms with Gasteiger partial charge in [-0.2, -0.15) is 13.2 Å². The summed E-state index contributed by atoms with van der Waals surface area (Å²) in [5.41, 5.74) is 0.577. The molecule has 1 aliphatic heterocycles. The molecule has 2 rings (SSSR count). The Labute approximate surface area is 96.8 Å². The summed E-state index contributed by atoms with van der Waals surface area (Å²) in [4.78, 5) is 16.1. The van der Waals surface area contributed by atoms with Crippen LogP contribution in [0, 0.1) is 0 Å². The minimum Gasteiger partial charge on any atom is -0.324 e. The molecule has 2 amide bonds. The predicted molar refractivity (Wildman–Crippen MR) is 53.0 cm³/mol. The van der Waals surface area contributed by atoms with Gasteiger partial charge in [-0.1, -0.05) is 0 Å². The molecule has 92 valence electrons. The summed E-state index contributed by atoms with van der Waals surface area (Å²) >= 11 is 0. The molecule has 1 aromatic heterocycles. The standard InChI is InChI=1S/C10H10F3N3O/c11-10(12,13)8-6-16(9(17)15-8)5-7-1-3-14-4-2-7/h1-4,8H,5-6H2,(H,15,17)/t8-/m0/s1/i3D. The normalized spacial score (nSPS) is 21.4. The molecule has 4 nitrogen and oxygen atoms in total. The van der Waals surface area contributed by atoms with Crippen molar-refractivity contribution in [2.24, 2.45) is 0 Å². The lowest BCUT2D eigenvalue weighted by Crippen LogP contribution is -2.40. The molecule has 1 atom stereocenters. The van der Waals surface area contributed by atoms with E-state index in [4.69, 9.17) is 1.37 Å². The number of nitrogens with one attached hydrogen (secondary N) is 1. The Morgan fingerprint density at radius 3 is 2.94 bits per heavy atom. The third kappa shape index (κ3) is 2.66. The first-order valence-corrected chi connectivity index (χ1v) is 4.90. The maximum Gasteiger partial charge on any atom is 0.410 e. The van der Waals surface area contributed by atoms with Gasteiger partial charge in [0.05, 0.1) is 7.92 Å². The van der Waals surface area contributed by atoms with Crippen molar-refractivity contribution >= 4 is 6.03 Å². The molecular weight excluding hydrogens is 235 g/mol. The SMILES string of the molecule is [2H]c1cc(CN2C[C@@H](C(F)(F)F)NC2=O)ccn1. The van der Waals surface area contributed by atoms with Crippen molar-refractivity contribution in [3.05, 3.63) is 30.1 Å². The molecule has 2 heterocycles. The largest absolute Gasteiger partial charge is 0.410 e. The van der Waals surface area contributed by atoms with Gasteiger partial charge in [-0.15, -0.1) is 0 Å². The quantitative estimate of drug-likeness (QED) is 0.860. The van der Waals surface area contributed by atoms with E-state index >= 15 is 0 Å². The van der Waals surface area contributed by atoms with Crippen LogP contribution in [0.3, 0.4) is 0 Å². The number of carbonyl (C=O) groups is 1. The average molecular weight is 246 g/mol. The summed E-state index contributed by atoms with van der Waals surface area (Å²) in [5, 5.41) is 1.88. The van der Waals surface area contributed by atoms with E-state index in [1.807, 2.05) is 5.32 Å². The molecule has 1 N–H and O–H groups in total. The molecular formula is C10H10F3N3O. The van der Waals surface area contributed by atoms with E-state index in [9.17, 15) is 18.0 Å². The maximum atomic E-state index is 12.4. The van der Waals surface area contributed by atoms with Crippen LogP contribution in [-0.4, -0.2) is 34.7 Å². The van der Waals surface area contributed by atoms with Crippen LogP contribution in [0.2, 0.25) is 0 Å². The number of rotatable bonds is 2. The van der Waals surface area contributed by atoms with E-state index in [0.717, 1.165) is 4.90 Å². The molecule has 1 aliphatic rings. The second-order valence-electron chi connectivity index (χ2n) is 3.72. The Hall–Kier alpha value is -1.79. The van der Waals surface area contributed by atoms with Crippen LogP contribution in [-0.2, 0) is 6.54 Å². The zero-order chi connectivity index (χ0) is 13.3. The van der Waals surface area contributed by atoms with Gasteiger partial charge in [-0.05, 0) is 17.7 Å². The highest BCUT2D eigenvalue weighted by Gasteiger charge is 2.46. The van der Waals surface area contributed by atoms with Gasteiger partial charge in [0.1, 0.15) is 6.04 Å². The number of hydrogen-bond donors (Lipinski definition) is 1. The summed E-state index contributed by atoms with van der Waals surface area (Å²) in [6.45, 7) is -0.384. The molecule has 1 fully saturated rings. The number of amides is 2. The van der Waals surface area contributed by atoms with Crippen LogP contribution in [0.5, 0.6) is 0 Å². The Morgan fingerprint density at radius 2 is 2.35 bits per heavy atom. The molecule has 0 spiro atoms. The molecule has 17 heavy (non-hydrogen) atoms. The summed E-state index contributed by atoms with van der Waals surface area (Å²) in [7, 11) is 0. The lowest BCUT2D eigenvalue weighted by Gasteiger charge is -2.15. The Bertz CT molecular complexity index is 466. The fourth-order valence-electron chi connectivity index (χ4n) is 1.57. The zero-order valence-corrected chi connectivity index (χ0v) is 8.66. The molecule has 0 aromatic carbocycles. The number of halogens is 3. The van der Waals surface area contributed by atoms with E-state index in [0.29, 0.717) is 5.56 Å². The number of urea groups is 1. The van der Waals surface area contributed by atoms with E-state index < -0.39 is 24.8 Å². The third-order valence-corrected chi connectivity index (χ3v) is 2.44. The van der Waals surface area contributed by atoms with Crippen molar-refractivity contribution in [3.8, 4) is 0 Å². The highest BCUT2D eigenvalue weighted by Crippen LogP contribution is 2.24. The predicted octanol–water partition coefficient (Wildman–Crippen LogP) is 1.54. The van der Waals surface area contributed by atoms with Crippen LogP contribution < -0.4 is 5.32 Å². The fourth-order valence-corrected chi connectivity index (χ4v) is 1.57. The zero-order valence-electron chi connectivity index (χ0n) is 9.66. The van der Waals surface area contributed by atoms with Crippen LogP contribution in [0.25, 0.3) is 0 Å². The number of aromatic nitrogens is 1.